The topological polar surface area (TPSA) is 3.24 Å². The van der Waals surface area contributed by atoms with Crippen molar-refractivity contribution in [3.8, 4) is 0 Å². The molecule has 1 aliphatic heterocycles. The molecule has 8 heavy (non-hydrogen) atoms. The van der Waals surface area contributed by atoms with Crippen molar-refractivity contribution in [2.75, 3.05) is 13.1 Å². The minimum absolute atomic E-state index is 0.831. The van der Waals surface area contributed by atoms with Gasteiger partial charge in [0.25, 0.3) is 0 Å². The molecule has 0 spiro atoms. The number of nitrogens with zero attached hydrogens (tertiary/aromatic N) is 1. The minimum Gasteiger partial charge on any atom is -0.292 e. The van der Waals surface area contributed by atoms with Crippen LogP contribution in [0.2, 0.25) is 0 Å². The van der Waals surface area contributed by atoms with Crippen LogP contribution in [0, 0.1) is 0 Å². The number of rotatable bonds is 1. The minimum atomic E-state index is 0.831. The summed E-state index contributed by atoms with van der Waals surface area (Å²) in [6, 6.07) is 0. The maximum Gasteiger partial charge on any atom is 0.0618 e. The molecule has 1 saturated heterocycles. The Hall–Kier alpha value is 0.690. The highest BCUT2D eigenvalue weighted by molar-refractivity contribution is 14.1. The van der Waals surface area contributed by atoms with Gasteiger partial charge in [0.2, 0.25) is 0 Å². The average Bonchev–Trinajstić information content (AvgIpc) is 2.14. The lowest BCUT2D eigenvalue weighted by atomic mass is 10.4. The van der Waals surface area contributed by atoms with Crippen LogP contribution in [0.15, 0.2) is 0 Å². The van der Waals surface area contributed by atoms with Crippen LogP contribution in [0.1, 0.15) is 19.8 Å². The van der Waals surface area contributed by atoms with Crippen LogP contribution in [-0.4, -0.2) is 22.0 Å². The van der Waals surface area contributed by atoms with E-state index < -0.39 is 0 Å². The van der Waals surface area contributed by atoms with Crippen molar-refractivity contribution >= 4 is 22.6 Å². The molecule has 1 nitrogen and oxygen atoms in total. The highest BCUT2D eigenvalue weighted by atomic mass is 127. The van der Waals surface area contributed by atoms with E-state index in [0.717, 1.165) is 4.05 Å². The van der Waals surface area contributed by atoms with E-state index in [1.807, 2.05) is 0 Å². The van der Waals surface area contributed by atoms with Crippen LogP contribution in [0.3, 0.4) is 0 Å². The third-order valence-electron chi connectivity index (χ3n) is 1.69. The SMILES string of the molecule is CCN1CCCC1I. The fourth-order valence-corrected chi connectivity index (χ4v) is 2.25. The van der Waals surface area contributed by atoms with Crippen molar-refractivity contribution < 1.29 is 0 Å². The van der Waals surface area contributed by atoms with Gasteiger partial charge in [0.05, 0.1) is 4.05 Å². The second-order valence-electron chi connectivity index (χ2n) is 2.21. The number of alkyl halides is 1. The van der Waals surface area contributed by atoms with E-state index in [1.54, 1.807) is 0 Å². The van der Waals surface area contributed by atoms with Gasteiger partial charge in [-0.2, -0.15) is 0 Å². The lowest BCUT2D eigenvalue weighted by Gasteiger charge is -2.15. The summed E-state index contributed by atoms with van der Waals surface area (Å²) in [4.78, 5) is 2.51. The average molecular weight is 225 g/mol. The van der Waals surface area contributed by atoms with Gasteiger partial charge in [-0.1, -0.05) is 29.5 Å². The second kappa shape index (κ2) is 3.01. The van der Waals surface area contributed by atoms with Crippen LogP contribution < -0.4 is 0 Å². The first kappa shape index (κ1) is 6.81. The Kier molecular flexibility index (Phi) is 2.56. The molecule has 2 heteroatoms. The van der Waals surface area contributed by atoms with E-state index in [-0.39, 0.29) is 0 Å². The predicted molar refractivity (Wildman–Crippen MR) is 44.3 cm³/mol. The molecule has 48 valence electrons. The van der Waals surface area contributed by atoms with E-state index in [0.29, 0.717) is 0 Å². The first-order valence-corrected chi connectivity index (χ1v) is 4.47. The van der Waals surface area contributed by atoms with Gasteiger partial charge in [0.15, 0.2) is 0 Å². The molecular formula is C6H12IN. The lowest BCUT2D eigenvalue weighted by Crippen LogP contribution is -2.23. The van der Waals surface area contributed by atoms with Gasteiger partial charge in [-0.05, 0) is 25.9 Å². The fourth-order valence-electron chi connectivity index (χ4n) is 1.14. The molecule has 0 radical (unpaired) electrons. The Morgan fingerprint density at radius 1 is 1.75 bits per heavy atom. The normalized spacial score (nSPS) is 31.5. The zero-order valence-corrected chi connectivity index (χ0v) is 7.39. The Labute approximate surface area is 64.6 Å². The number of likely N-dealkylation sites (tertiary alicyclic amines) is 1. The zero-order valence-electron chi connectivity index (χ0n) is 5.23. The molecule has 0 saturated carbocycles. The molecule has 0 amide bonds. The van der Waals surface area contributed by atoms with Crippen LogP contribution in [0.4, 0.5) is 0 Å². The molecule has 1 atom stereocenters. The first-order chi connectivity index (χ1) is 3.84. The molecule has 0 aromatic carbocycles. The molecule has 0 N–H and O–H groups in total. The lowest BCUT2D eigenvalue weighted by molar-refractivity contribution is 0.346. The molecule has 1 unspecified atom stereocenters. The summed E-state index contributed by atoms with van der Waals surface area (Å²) < 4.78 is 0.831. The van der Waals surface area contributed by atoms with Gasteiger partial charge in [0, 0.05) is 0 Å². The Morgan fingerprint density at radius 3 is 2.75 bits per heavy atom. The van der Waals surface area contributed by atoms with E-state index >= 15 is 0 Å². The van der Waals surface area contributed by atoms with Crippen molar-refractivity contribution in [3.63, 3.8) is 0 Å². The summed E-state index contributed by atoms with van der Waals surface area (Å²) in [5, 5.41) is 0. The molecule has 1 fully saturated rings. The van der Waals surface area contributed by atoms with Gasteiger partial charge >= 0.3 is 0 Å². The summed E-state index contributed by atoms with van der Waals surface area (Å²) in [5.41, 5.74) is 0. The molecule has 0 aromatic heterocycles. The van der Waals surface area contributed by atoms with Gasteiger partial charge in [-0.25, -0.2) is 0 Å². The Morgan fingerprint density at radius 2 is 2.50 bits per heavy atom. The van der Waals surface area contributed by atoms with Crippen molar-refractivity contribution in [3.05, 3.63) is 0 Å². The summed E-state index contributed by atoms with van der Waals surface area (Å²) in [7, 11) is 0. The number of hydrogen-bond acceptors (Lipinski definition) is 1. The second-order valence-corrected chi connectivity index (χ2v) is 3.64. The molecule has 0 aromatic rings. The standard InChI is InChI=1S/C6H12IN/c1-2-8-5-3-4-6(8)7/h6H,2-5H2,1H3. The summed E-state index contributed by atoms with van der Waals surface area (Å²) in [5.74, 6) is 0. The third kappa shape index (κ3) is 1.35. The van der Waals surface area contributed by atoms with E-state index in [1.165, 1.54) is 25.9 Å². The smallest absolute Gasteiger partial charge is 0.0618 e. The summed E-state index contributed by atoms with van der Waals surface area (Å²) in [6.45, 7) is 4.79. The maximum atomic E-state index is 2.52. The quantitative estimate of drug-likeness (QED) is 0.374. The monoisotopic (exact) mass is 225 g/mol. The molecule has 0 aliphatic carbocycles. The van der Waals surface area contributed by atoms with E-state index in [9.17, 15) is 0 Å². The van der Waals surface area contributed by atoms with Crippen molar-refractivity contribution in [1.82, 2.24) is 4.90 Å². The molecule has 1 heterocycles. The van der Waals surface area contributed by atoms with E-state index in [4.69, 9.17) is 0 Å². The first-order valence-electron chi connectivity index (χ1n) is 3.22. The van der Waals surface area contributed by atoms with Crippen molar-refractivity contribution in [2.45, 2.75) is 23.8 Å². The molecule has 1 rings (SSSR count). The van der Waals surface area contributed by atoms with Gasteiger partial charge in [-0.15, -0.1) is 0 Å². The zero-order chi connectivity index (χ0) is 5.98. The number of hydrogen-bond donors (Lipinski definition) is 0. The third-order valence-corrected chi connectivity index (χ3v) is 3.10. The Balaban J connectivity index is 2.30. The largest absolute Gasteiger partial charge is 0.292 e. The highest BCUT2D eigenvalue weighted by Crippen LogP contribution is 2.21. The Bertz CT molecular complexity index is 74.9. The maximum absolute atomic E-state index is 2.52. The van der Waals surface area contributed by atoms with Gasteiger partial charge < -0.3 is 0 Å². The highest BCUT2D eigenvalue weighted by Gasteiger charge is 2.18. The van der Waals surface area contributed by atoms with Gasteiger partial charge in [0.1, 0.15) is 0 Å². The van der Waals surface area contributed by atoms with Crippen molar-refractivity contribution in [1.29, 1.82) is 0 Å². The van der Waals surface area contributed by atoms with E-state index in [2.05, 4.69) is 34.4 Å². The van der Waals surface area contributed by atoms with Crippen LogP contribution in [0.25, 0.3) is 0 Å². The fraction of sp³-hybridized carbons (Fsp3) is 1.00. The number of halogens is 1. The summed E-state index contributed by atoms with van der Waals surface area (Å²) >= 11 is 2.52. The molecular weight excluding hydrogens is 213 g/mol. The summed E-state index contributed by atoms with van der Waals surface area (Å²) in [6.07, 6.45) is 2.80. The predicted octanol–water partition coefficient (Wildman–Crippen LogP) is 1.86. The van der Waals surface area contributed by atoms with Crippen LogP contribution >= 0.6 is 22.6 Å². The molecule has 0 bridgehead atoms. The van der Waals surface area contributed by atoms with Crippen molar-refractivity contribution in [2.24, 2.45) is 0 Å². The van der Waals surface area contributed by atoms with Crippen LogP contribution in [-0.2, 0) is 0 Å². The van der Waals surface area contributed by atoms with Gasteiger partial charge in [-0.3, -0.25) is 4.90 Å². The molecule has 1 aliphatic rings. The van der Waals surface area contributed by atoms with Crippen LogP contribution in [0.5, 0.6) is 0 Å².